The summed E-state index contributed by atoms with van der Waals surface area (Å²) in [5, 5.41) is 17.9. The summed E-state index contributed by atoms with van der Waals surface area (Å²) in [5.74, 6) is 0.435. The van der Waals surface area contributed by atoms with Crippen LogP contribution in [0.15, 0.2) is 18.2 Å². The molecule has 7 heteroatoms. The van der Waals surface area contributed by atoms with Gasteiger partial charge in [-0.2, -0.15) is 0 Å². The Morgan fingerprint density at radius 1 is 1.30 bits per heavy atom. The van der Waals surface area contributed by atoms with Crippen molar-refractivity contribution in [3.63, 3.8) is 0 Å². The van der Waals surface area contributed by atoms with Crippen LogP contribution in [0, 0.1) is 20.8 Å². The molecule has 0 radical (unpaired) electrons. The molecule has 1 amide bonds. The summed E-state index contributed by atoms with van der Waals surface area (Å²) in [4.78, 5) is 17.0. The number of hydrogen-bond acceptors (Lipinski definition) is 5. The maximum absolute atomic E-state index is 12.4. The summed E-state index contributed by atoms with van der Waals surface area (Å²) in [7, 11) is 3.42. The lowest BCUT2D eigenvalue weighted by Gasteiger charge is -2.12. The summed E-state index contributed by atoms with van der Waals surface area (Å²) in [6.45, 7) is 5.84. The number of methoxy groups -OCH3 is 1. The summed E-state index contributed by atoms with van der Waals surface area (Å²) in [6, 6.07) is 5.11. The molecule has 0 unspecified atom stereocenters. The van der Waals surface area contributed by atoms with Gasteiger partial charge in [-0.05, 0) is 56.0 Å². The number of rotatable bonds is 5. The van der Waals surface area contributed by atoms with Crippen LogP contribution < -0.4 is 10.1 Å². The molecular formula is C20H24N4O3. The number of carbonyl (C=O) groups is 1. The van der Waals surface area contributed by atoms with Crippen molar-refractivity contribution in [2.24, 2.45) is 7.05 Å². The van der Waals surface area contributed by atoms with E-state index in [1.165, 1.54) is 0 Å². The highest BCUT2D eigenvalue weighted by molar-refractivity contribution is 5.92. The number of carbonyl (C=O) groups excluding carboxylic acids is 1. The van der Waals surface area contributed by atoms with Crippen LogP contribution in [0.25, 0.3) is 11.0 Å². The summed E-state index contributed by atoms with van der Waals surface area (Å²) in [6.07, 6.45) is 0.821. The summed E-state index contributed by atoms with van der Waals surface area (Å²) < 4.78 is 7.07. The lowest BCUT2D eigenvalue weighted by atomic mass is 10.00. The Kier molecular flexibility index (Phi) is 5.03. The third kappa shape index (κ3) is 3.58. The molecule has 27 heavy (non-hydrogen) atoms. The number of phenols is 1. The number of hydrogen-bond donors (Lipinski definition) is 2. The molecule has 0 aliphatic heterocycles. The normalized spacial score (nSPS) is 11.0. The molecule has 7 nitrogen and oxygen atoms in total. The first kappa shape index (κ1) is 18.7. The molecular weight excluding hydrogens is 344 g/mol. The Balaban J connectivity index is 1.82. The van der Waals surface area contributed by atoms with E-state index in [0.717, 1.165) is 33.4 Å². The zero-order valence-corrected chi connectivity index (χ0v) is 16.3. The largest absolute Gasteiger partial charge is 0.506 e. The number of pyridine rings is 1. The quantitative estimate of drug-likeness (QED) is 0.675. The number of aryl methyl sites for hydroxylation is 4. The van der Waals surface area contributed by atoms with E-state index in [1.54, 1.807) is 30.0 Å². The molecule has 1 aromatic carbocycles. The van der Waals surface area contributed by atoms with Crippen LogP contribution in [0.4, 0.5) is 5.69 Å². The van der Waals surface area contributed by atoms with Crippen molar-refractivity contribution in [1.29, 1.82) is 0 Å². The van der Waals surface area contributed by atoms with E-state index in [1.807, 2.05) is 27.8 Å². The van der Waals surface area contributed by atoms with Crippen molar-refractivity contribution in [3.05, 3.63) is 40.6 Å². The van der Waals surface area contributed by atoms with Gasteiger partial charge in [0.05, 0.1) is 18.2 Å². The molecule has 0 spiro atoms. The van der Waals surface area contributed by atoms with Crippen LogP contribution in [0.1, 0.15) is 28.8 Å². The highest BCUT2D eigenvalue weighted by Crippen LogP contribution is 2.30. The Morgan fingerprint density at radius 3 is 2.74 bits per heavy atom. The molecule has 142 valence electrons. The number of amides is 1. The lowest BCUT2D eigenvalue weighted by molar-refractivity contribution is -0.116. The predicted octanol–water partition coefficient (Wildman–Crippen LogP) is 3.18. The van der Waals surface area contributed by atoms with Gasteiger partial charge in [0.25, 0.3) is 0 Å². The zero-order chi connectivity index (χ0) is 19.7. The average Bonchev–Trinajstić information content (AvgIpc) is 2.94. The monoisotopic (exact) mass is 368 g/mol. The molecule has 2 N–H and O–H groups in total. The van der Waals surface area contributed by atoms with Crippen molar-refractivity contribution >= 4 is 22.6 Å². The Hall–Kier alpha value is -3.09. The molecule has 0 saturated heterocycles. The van der Waals surface area contributed by atoms with Crippen LogP contribution >= 0.6 is 0 Å². The number of phenolic OH excluding ortho intramolecular Hbond substituents is 1. The second kappa shape index (κ2) is 7.26. The number of fused-ring (bicyclic) bond motifs is 1. The van der Waals surface area contributed by atoms with Crippen LogP contribution in [0.2, 0.25) is 0 Å². The Morgan fingerprint density at radius 2 is 2.04 bits per heavy atom. The molecule has 3 rings (SSSR count). The van der Waals surface area contributed by atoms with Gasteiger partial charge in [-0.15, -0.1) is 5.10 Å². The van der Waals surface area contributed by atoms with Gasteiger partial charge in [0.1, 0.15) is 5.75 Å². The molecule has 0 bridgehead atoms. The number of anilines is 1. The predicted molar refractivity (Wildman–Crippen MR) is 104 cm³/mol. The Bertz CT molecular complexity index is 1020. The fraction of sp³-hybridized carbons (Fsp3) is 0.350. The standard InChI is InChI=1S/C20H24N4O3/c1-11-6-8-16(25)15(10-11)22-17(26)9-7-14-12(2)18-19(21-13(14)3)24(4)23-20(18)27-5/h6,8,10,25H,7,9H2,1-5H3,(H,22,26). The van der Waals surface area contributed by atoms with E-state index in [-0.39, 0.29) is 18.1 Å². The summed E-state index contributed by atoms with van der Waals surface area (Å²) >= 11 is 0. The average molecular weight is 368 g/mol. The van der Waals surface area contributed by atoms with Gasteiger partial charge in [-0.1, -0.05) is 6.07 Å². The van der Waals surface area contributed by atoms with Crippen LogP contribution in [-0.4, -0.2) is 32.9 Å². The van der Waals surface area contributed by atoms with Crippen molar-refractivity contribution in [2.75, 3.05) is 12.4 Å². The molecule has 3 aromatic rings. The van der Waals surface area contributed by atoms with Crippen molar-refractivity contribution in [1.82, 2.24) is 14.8 Å². The molecule has 0 atom stereocenters. The smallest absolute Gasteiger partial charge is 0.242 e. The van der Waals surface area contributed by atoms with E-state index < -0.39 is 0 Å². The van der Waals surface area contributed by atoms with E-state index in [9.17, 15) is 9.90 Å². The van der Waals surface area contributed by atoms with E-state index >= 15 is 0 Å². The second-order valence-corrected chi connectivity index (χ2v) is 6.70. The zero-order valence-electron chi connectivity index (χ0n) is 16.3. The van der Waals surface area contributed by atoms with E-state index in [2.05, 4.69) is 15.4 Å². The van der Waals surface area contributed by atoms with Crippen molar-refractivity contribution in [2.45, 2.75) is 33.6 Å². The topological polar surface area (TPSA) is 89.3 Å². The molecule has 0 fully saturated rings. The van der Waals surface area contributed by atoms with Gasteiger partial charge in [-0.3, -0.25) is 4.79 Å². The lowest BCUT2D eigenvalue weighted by Crippen LogP contribution is -2.13. The number of nitrogens with zero attached hydrogens (tertiary/aromatic N) is 3. The number of benzene rings is 1. The molecule has 2 aromatic heterocycles. The van der Waals surface area contributed by atoms with Crippen LogP contribution in [-0.2, 0) is 18.3 Å². The molecule has 0 saturated carbocycles. The number of ether oxygens (including phenoxy) is 1. The number of aromatic nitrogens is 3. The fourth-order valence-corrected chi connectivity index (χ4v) is 3.31. The third-order valence-corrected chi connectivity index (χ3v) is 4.74. The molecule has 2 heterocycles. The highest BCUT2D eigenvalue weighted by Gasteiger charge is 2.18. The van der Waals surface area contributed by atoms with Crippen LogP contribution in [0.3, 0.4) is 0 Å². The first-order chi connectivity index (χ1) is 12.8. The van der Waals surface area contributed by atoms with Gasteiger partial charge < -0.3 is 15.2 Å². The Labute approximate surface area is 158 Å². The summed E-state index contributed by atoms with van der Waals surface area (Å²) in [5.41, 5.74) is 5.06. The number of nitrogens with one attached hydrogen (secondary N) is 1. The third-order valence-electron chi connectivity index (χ3n) is 4.74. The van der Waals surface area contributed by atoms with Gasteiger partial charge in [0.15, 0.2) is 5.65 Å². The van der Waals surface area contributed by atoms with Crippen molar-refractivity contribution in [3.8, 4) is 11.6 Å². The van der Waals surface area contributed by atoms with Crippen molar-refractivity contribution < 1.29 is 14.6 Å². The van der Waals surface area contributed by atoms with Crippen LogP contribution in [0.5, 0.6) is 11.6 Å². The van der Waals surface area contributed by atoms with Gasteiger partial charge in [0, 0.05) is 19.2 Å². The first-order valence-electron chi connectivity index (χ1n) is 8.78. The van der Waals surface area contributed by atoms with Gasteiger partial charge >= 0.3 is 0 Å². The SMILES string of the molecule is COc1nn(C)c2nc(C)c(CCC(=O)Nc3cc(C)ccc3O)c(C)c12. The molecule has 0 aliphatic rings. The maximum atomic E-state index is 12.4. The van der Waals surface area contributed by atoms with Gasteiger partial charge in [0.2, 0.25) is 11.8 Å². The first-order valence-corrected chi connectivity index (χ1v) is 8.78. The number of aromatic hydroxyl groups is 1. The van der Waals surface area contributed by atoms with E-state index in [4.69, 9.17) is 4.74 Å². The van der Waals surface area contributed by atoms with E-state index in [0.29, 0.717) is 18.0 Å². The second-order valence-electron chi connectivity index (χ2n) is 6.70. The maximum Gasteiger partial charge on any atom is 0.242 e. The minimum atomic E-state index is -0.159. The molecule has 0 aliphatic carbocycles. The fourth-order valence-electron chi connectivity index (χ4n) is 3.31. The minimum Gasteiger partial charge on any atom is -0.506 e. The van der Waals surface area contributed by atoms with Gasteiger partial charge in [-0.25, -0.2) is 9.67 Å². The highest BCUT2D eigenvalue weighted by atomic mass is 16.5. The minimum absolute atomic E-state index is 0.0597.